The summed E-state index contributed by atoms with van der Waals surface area (Å²) in [5.74, 6) is 0.829. The summed E-state index contributed by atoms with van der Waals surface area (Å²) in [6.45, 7) is 8.49. The highest BCUT2D eigenvalue weighted by molar-refractivity contribution is 9.10. The predicted molar refractivity (Wildman–Crippen MR) is 88.0 cm³/mol. The number of benzene rings is 1. The topological polar surface area (TPSA) is 38.3 Å². The molecule has 0 heterocycles. The van der Waals surface area contributed by atoms with Crippen LogP contribution >= 0.6 is 27.7 Å². The van der Waals surface area contributed by atoms with Crippen LogP contribution in [0, 0.1) is 5.92 Å². The van der Waals surface area contributed by atoms with Crippen molar-refractivity contribution in [1.29, 1.82) is 0 Å². The molecule has 0 aliphatic rings. The first-order valence-corrected chi connectivity index (χ1v) is 8.58. The van der Waals surface area contributed by atoms with E-state index in [1.54, 1.807) is 0 Å². The van der Waals surface area contributed by atoms with E-state index in [1.807, 2.05) is 13.0 Å². The molecule has 1 N–H and O–H groups in total. The van der Waals surface area contributed by atoms with Crippen molar-refractivity contribution >= 4 is 33.7 Å². The van der Waals surface area contributed by atoms with Gasteiger partial charge in [-0.15, -0.1) is 11.8 Å². The van der Waals surface area contributed by atoms with Crippen molar-refractivity contribution in [3.63, 3.8) is 0 Å². The minimum absolute atomic E-state index is 0.170. The monoisotopic (exact) mass is 359 g/mol. The van der Waals surface area contributed by atoms with Crippen LogP contribution < -0.4 is 5.32 Å². The molecule has 0 saturated heterocycles. The van der Waals surface area contributed by atoms with Crippen LogP contribution in [0.5, 0.6) is 0 Å². The molecular weight excluding hydrogens is 338 g/mol. The van der Waals surface area contributed by atoms with Crippen LogP contribution in [0.25, 0.3) is 0 Å². The van der Waals surface area contributed by atoms with E-state index in [0.29, 0.717) is 18.3 Å². The van der Waals surface area contributed by atoms with Crippen LogP contribution in [0.2, 0.25) is 0 Å². The van der Waals surface area contributed by atoms with E-state index in [4.69, 9.17) is 4.74 Å². The summed E-state index contributed by atoms with van der Waals surface area (Å²) >= 11 is 5.08. The first-order chi connectivity index (χ1) is 9.52. The molecule has 0 aromatic heterocycles. The number of hydrogen-bond donors (Lipinski definition) is 1. The Morgan fingerprint density at radius 3 is 2.80 bits per heavy atom. The standard InChI is InChI=1S/C15H22BrNO2S/c1-4-19-15(18)10-20-13-6-5-12(14(16)7-13)9-17-8-11(2)3/h5-7,11,17H,4,8-10H2,1-3H3. The largest absolute Gasteiger partial charge is 0.465 e. The molecule has 112 valence electrons. The number of halogens is 1. The highest BCUT2D eigenvalue weighted by Crippen LogP contribution is 2.25. The zero-order valence-electron chi connectivity index (χ0n) is 12.2. The summed E-state index contributed by atoms with van der Waals surface area (Å²) in [7, 11) is 0. The minimum atomic E-state index is -0.170. The summed E-state index contributed by atoms with van der Waals surface area (Å²) in [5.41, 5.74) is 1.23. The molecule has 0 saturated carbocycles. The number of thioether (sulfide) groups is 1. The van der Waals surface area contributed by atoms with Gasteiger partial charge in [-0.1, -0.05) is 35.8 Å². The molecule has 0 spiro atoms. The number of hydrogen-bond acceptors (Lipinski definition) is 4. The molecule has 0 aliphatic heterocycles. The third-order valence-corrected chi connectivity index (χ3v) is 4.26. The van der Waals surface area contributed by atoms with Gasteiger partial charge in [0.25, 0.3) is 0 Å². The Hall–Kier alpha value is -0.520. The Kier molecular flexibility index (Phi) is 8.26. The van der Waals surface area contributed by atoms with Crippen molar-refractivity contribution in [2.45, 2.75) is 32.2 Å². The van der Waals surface area contributed by atoms with Crippen LogP contribution in [0.1, 0.15) is 26.3 Å². The average molecular weight is 360 g/mol. The number of rotatable bonds is 8. The molecule has 3 nitrogen and oxygen atoms in total. The Balaban J connectivity index is 2.48. The van der Waals surface area contributed by atoms with E-state index in [-0.39, 0.29) is 5.97 Å². The zero-order chi connectivity index (χ0) is 15.0. The van der Waals surface area contributed by atoms with Gasteiger partial charge in [-0.3, -0.25) is 4.79 Å². The Morgan fingerprint density at radius 1 is 1.45 bits per heavy atom. The van der Waals surface area contributed by atoms with E-state index in [9.17, 15) is 4.79 Å². The first-order valence-electron chi connectivity index (χ1n) is 6.80. The summed E-state index contributed by atoms with van der Waals surface area (Å²) in [4.78, 5) is 12.4. The average Bonchev–Trinajstić information content (AvgIpc) is 2.38. The van der Waals surface area contributed by atoms with Gasteiger partial charge in [0.1, 0.15) is 0 Å². The lowest BCUT2D eigenvalue weighted by Crippen LogP contribution is -2.19. The highest BCUT2D eigenvalue weighted by atomic mass is 79.9. The van der Waals surface area contributed by atoms with Gasteiger partial charge in [0.2, 0.25) is 0 Å². The van der Waals surface area contributed by atoms with Crippen LogP contribution in [-0.4, -0.2) is 24.9 Å². The van der Waals surface area contributed by atoms with Crippen molar-refractivity contribution in [1.82, 2.24) is 5.32 Å². The molecule has 1 aromatic rings. The van der Waals surface area contributed by atoms with Crippen LogP contribution in [0.15, 0.2) is 27.6 Å². The van der Waals surface area contributed by atoms with Gasteiger partial charge in [0, 0.05) is 15.9 Å². The van der Waals surface area contributed by atoms with Crippen LogP contribution in [-0.2, 0) is 16.1 Å². The van der Waals surface area contributed by atoms with Crippen molar-refractivity contribution < 1.29 is 9.53 Å². The van der Waals surface area contributed by atoms with E-state index >= 15 is 0 Å². The first kappa shape index (κ1) is 17.5. The van der Waals surface area contributed by atoms with Crippen molar-refractivity contribution in [3.8, 4) is 0 Å². The van der Waals surface area contributed by atoms with Gasteiger partial charge in [-0.25, -0.2) is 0 Å². The maximum absolute atomic E-state index is 11.3. The van der Waals surface area contributed by atoms with Gasteiger partial charge in [0.15, 0.2) is 0 Å². The lowest BCUT2D eigenvalue weighted by atomic mass is 10.2. The zero-order valence-corrected chi connectivity index (χ0v) is 14.6. The normalized spacial score (nSPS) is 10.8. The van der Waals surface area contributed by atoms with Crippen molar-refractivity contribution in [2.24, 2.45) is 5.92 Å². The van der Waals surface area contributed by atoms with Gasteiger partial charge in [-0.2, -0.15) is 0 Å². The fraction of sp³-hybridized carbons (Fsp3) is 0.533. The summed E-state index contributed by atoms with van der Waals surface area (Å²) in [6, 6.07) is 6.18. The van der Waals surface area contributed by atoms with Gasteiger partial charge >= 0.3 is 5.97 Å². The fourth-order valence-corrected chi connectivity index (χ4v) is 3.01. The number of nitrogens with one attached hydrogen (secondary N) is 1. The quantitative estimate of drug-likeness (QED) is 0.565. The molecule has 0 amide bonds. The number of ether oxygens (including phenoxy) is 1. The summed E-state index contributed by atoms with van der Waals surface area (Å²) in [5, 5.41) is 3.42. The van der Waals surface area contributed by atoms with E-state index < -0.39 is 0 Å². The molecule has 20 heavy (non-hydrogen) atoms. The molecule has 5 heteroatoms. The van der Waals surface area contributed by atoms with Gasteiger partial charge in [-0.05, 0) is 37.1 Å². The molecular formula is C15H22BrNO2S. The molecule has 0 atom stereocenters. The van der Waals surface area contributed by atoms with E-state index in [2.05, 4.69) is 47.2 Å². The van der Waals surface area contributed by atoms with Crippen LogP contribution in [0.3, 0.4) is 0 Å². The molecule has 0 radical (unpaired) electrons. The molecule has 0 bridgehead atoms. The second-order valence-corrected chi connectivity index (χ2v) is 6.77. The van der Waals surface area contributed by atoms with Crippen LogP contribution in [0.4, 0.5) is 0 Å². The number of carbonyl (C=O) groups excluding carboxylic acids is 1. The lowest BCUT2D eigenvalue weighted by Gasteiger charge is -2.10. The van der Waals surface area contributed by atoms with Gasteiger partial charge < -0.3 is 10.1 Å². The van der Waals surface area contributed by atoms with Crippen molar-refractivity contribution in [3.05, 3.63) is 28.2 Å². The molecule has 0 aliphatic carbocycles. The van der Waals surface area contributed by atoms with E-state index in [1.165, 1.54) is 17.3 Å². The summed E-state index contributed by atoms with van der Waals surface area (Å²) in [6.07, 6.45) is 0. The smallest absolute Gasteiger partial charge is 0.316 e. The molecule has 1 aromatic carbocycles. The summed E-state index contributed by atoms with van der Waals surface area (Å²) < 4.78 is 5.98. The van der Waals surface area contributed by atoms with Crippen molar-refractivity contribution in [2.75, 3.05) is 18.9 Å². The second kappa shape index (κ2) is 9.42. The molecule has 1 rings (SSSR count). The maximum atomic E-state index is 11.3. The number of carbonyl (C=O) groups is 1. The Morgan fingerprint density at radius 2 is 2.20 bits per heavy atom. The Bertz CT molecular complexity index is 438. The minimum Gasteiger partial charge on any atom is -0.465 e. The maximum Gasteiger partial charge on any atom is 0.316 e. The third kappa shape index (κ3) is 6.77. The fourth-order valence-electron chi connectivity index (χ4n) is 1.60. The highest BCUT2D eigenvalue weighted by Gasteiger charge is 2.06. The number of esters is 1. The SMILES string of the molecule is CCOC(=O)CSc1ccc(CNCC(C)C)c(Br)c1. The second-order valence-electron chi connectivity index (χ2n) is 4.87. The third-order valence-electron chi connectivity index (χ3n) is 2.55. The van der Waals surface area contributed by atoms with E-state index in [0.717, 1.165) is 22.5 Å². The van der Waals surface area contributed by atoms with Gasteiger partial charge in [0.05, 0.1) is 12.4 Å². The Labute approximate surface area is 134 Å². The molecule has 0 unspecified atom stereocenters. The lowest BCUT2D eigenvalue weighted by molar-refractivity contribution is -0.139. The molecule has 0 fully saturated rings. The predicted octanol–water partition coefficient (Wildman–Crippen LogP) is 3.85.